The molecule has 0 aliphatic heterocycles. The van der Waals surface area contributed by atoms with Crippen LogP contribution < -0.4 is 21.7 Å². The van der Waals surface area contributed by atoms with Gasteiger partial charge in [0, 0.05) is 6.42 Å². The van der Waals surface area contributed by atoms with Crippen LogP contribution >= 0.6 is 0 Å². The maximum absolute atomic E-state index is 13.2. The largest absolute Gasteiger partial charge is 0.508 e. The lowest BCUT2D eigenvalue weighted by Crippen LogP contribution is -2.61. The molecule has 6 unspecified atom stereocenters. The Hall–Kier alpha value is -3.96. The van der Waals surface area contributed by atoms with Gasteiger partial charge in [0.05, 0.1) is 12.1 Å². The van der Waals surface area contributed by atoms with Gasteiger partial charge < -0.3 is 37.0 Å². The van der Waals surface area contributed by atoms with Crippen LogP contribution in [-0.2, 0) is 32.0 Å². The maximum atomic E-state index is 13.2. The highest BCUT2D eigenvalue weighted by Gasteiger charge is 2.34. The number of aliphatic hydroxyl groups excluding tert-OH is 1. The zero-order valence-electron chi connectivity index (χ0n) is 22.3. The molecule has 0 fully saturated rings. The number of carboxylic acid groups (broad SMARTS) is 1. The average Bonchev–Trinajstić information content (AvgIpc) is 2.90. The molecule has 3 amide bonds. The number of nitrogens with one attached hydrogen (secondary N) is 3. The second-order valence-corrected chi connectivity index (χ2v) is 9.66. The van der Waals surface area contributed by atoms with Gasteiger partial charge in [-0.1, -0.05) is 62.7 Å². The summed E-state index contributed by atoms with van der Waals surface area (Å²) in [7, 11) is 0. The van der Waals surface area contributed by atoms with Crippen molar-refractivity contribution in [3.8, 4) is 5.75 Å². The summed E-state index contributed by atoms with van der Waals surface area (Å²) >= 11 is 0. The highest BCUT2D eigenvalue weighted by Crippen LogP contribution is 2.13. The third-order valence-electron chi connectivity index (χ3n) is 6.48. The van der Waals surface area contributed by atoms with Crippen LogP contribution in [0, 0.1) is 5.92 Å². The summed E-state index contributed by atoms with van der Waals surface area (Å²) in [5, 5.41) is 36.9. The fourth-order valence-corrected chi connectivity index (χ4v) is 3.90. The van der Waals surface area contributed by atoms with Gasteiger partial charge in [-0.05, 0) is 42.5 Å². The predicted molar refractivity (Wildman–Crippen MR) is 144 cm³/mol. The molecular formula is C28H38N4O7. The molecule has 8 N–H and O–H groups in total. The third-order valence-corrected chi connectivity index (χ3v) is 6.48. The van der Waals surface area contributed by atoms with Gasteiger partial charge in [-0.2, -0.15) is 0 Å². The molecule has 6 atom stereocenters. The van der Waals surface area contributed by atoms with E-state index in [1.54, 1.807) is 26.0 Å². The molecule has 2 rings (SSSR count). The van der Waals surface area contributed by atoms with Crippen LogP contribution in [0.1, 0.15) is 38.3 Å². The minimum Gasteiger partial charge on any atom is -0.508 e. The van der Waals surface area contributed by atoms with E-state index in [0.717, 1.165) is 5.56 Å². The van der Waals surface area contributed by atoms with Crippen molar-refractivity contribution in [3.63, 3.8) is 0 Å². The maximum Gasteiger partial charge on any atom is 0.326 e. The summed E-state index contributed by atoms with van der Waals surface area (Å²) < 4.78 is 0. The van der Waals surface area contributed by atoms with Crippen molar-refractivity contribution in [2.75, 3.05) is 0 Å². The molecule has 0 aromatic heterocycles. The van der Waals surface area contributed by atoms with Crippen LogP contribution in [-0.4, -0.2) is 69.3 Å². The van der Waals surface area contributed by atoms with E-state index in [2.05, 4.69) is 16.0 Å². The van der Waals surface area contributed by atoms with E-state index in [-0.39, 0.29) is 18.6 Å². The van der Waals surface area contributed by atoms with Gasteiger partial charge in [0.2, 0.25) is 17.7 Å². The van der Waals surface area contributed by atoms with E-state index in [1.165, 1.54) is 19.1 Å². The van der Waals surface area contributed by atoms with Gasteiger partial charge >= 0.3 is 5.97 Å². The summed E-state index contributed by atoms with van der Waals surface area (Å²) in [6.07, 6.45) is -0.661. The van der Waals surface area contributed by atoms with Crippen LogP contribution in [0.3, 0.4) is 0 Å². The number of aliphatic carboxylic acids is 1. The molecule has 0 heterocycles. The normalized spacial score (nSPS) is 15.6. The van der Waals surface area contributed by atoms with Gasteiger partial charge in [0.1, 0.15) is 23.9 Å². The molecule has 0 saturated heterocycles. The van der Waals surface area contributed by atoms with E-state index in [0.29, 0.717) is 12.0 Å². The van der Waals surface area contributed by atoms with Crippen molar-refractivity contribution in [2.45, 2.75) is 70.3 Å². The van der Waals surface area contributed by atoms with E-state index in [4.69, 9.17) is 5.73 Å². The van der Waals surface area contributed by atoms with Crippen LogP contribution in [0.15, 0.2) is 54.6 Å². The van der Waals surface area contributed by atoms with Gasteiger partial charge in [-0.3, -0.25) is 14.4 Å². The second kappa shape index (κ2) is 14.8. The number of hydrogen-bond donors (Lipinski definition) is 7. The lowest BCUT2D eigenvalue weighted by atomic mass is 9.96. The Bertz CT molecular complexity index is 1110. The van der Waals surface area contributed by atoms with Gasteiger partial charge in [0.15, 0.2) is 0 Å². The van der Waals surface area contributed by atoms with E-state index >= 15 is 0 Å². The van der Waals surface area contributed by atoms with Gasteiger partial charge in [0.25, 0.3) is 0 Å². The Balaban J connectivity index is 2.12. The monoisotopic (exact) mass is 542 g/mol. The van der Waals surface area contributed by atoms with Crippen LogP contribution in [0.25, 0.3) is 0 Å². The Morgan fingerprint density at radius 3 is 1.87 bits per heavy atom. The number of carbonyl (C=O) groups is 4. The third kappa shape index (κ3) is 9.69. The molecule has 0 aliphatic rings. The summed E-state index contributed by atoms with van der Waals surface area (Å²) in [4.78, 5) is 50.9. The summed E-state index contributed by atoms with van der Waals surface area (Å²) in [5.41, 5.74) is 7.42. The number of phenols is 1. The molecule has 0 aliphatic carbocycles. The highest BCUT2D eigenvalue weighted by atomic mass is 16.4. The quantitative estimate of drug-likeness (QED) is 0.179. The van der Waals surface area contributed by atoms with E-state index < -0.39 is 59.9 Å². The smallest absolute Gasteiger partial charge is 0.326 e. The van der Waals surface area contributed by atoms with Gasteiger partial charge in [-0.15, -0.1) is 0 Å². The molecule has 212 valence electrons. The molecular weight excluding hydrogens is 504 g/mol. The summed E-state index contributed by atoms with van der Waals surface area (Å²) in [5.74, 6) is -3.83. The SMILES string of the molecule is CCC(C)C(NC(=O)C(NC(=O)C(N)Cc1ccccc1)C(C)O)C(=O)NC(Cc1ccc(O)cc1)C(=O)O. The first kappa shape index (κ1) is 31.3. The number of benzene rings is 2. The molecule has 0 bridgehead atoms. The fourth-order valence-electron chi connectivity index (χ4n) is 3.90. The van der Waals surface area contributed by atoms with Crippen molar-refractivity contribution < 1.29 is 34.5 Å². The van der Waals surface area contributed by atoms with E-state index in [1.807, 2.05) is 30.3 Å². The first-order valence-electron chi connectivity index (χ1n) is 12.8. The summed E-state index contributed by atoms with van der Waals surface area (Å²) in [6.45, 7) is 4.84. The highest BCUT2D eigenvalue weighted by molar-refractivity contribution is 5.94. The van der Waals surface area contributed by atoms with Crippen molar-refractivity contribution in [2.24, 2.45) is 11.7 Å². The molecule has 2 aromatic carbocycles. The number of nitrogens with two attached hydrogens (primary N) is 1. The number of carbonyl (C=O) groups excluding carboxylic acids is 3. The molecule has 0 saturated carbocycles. The minimum atomic E-state index is -1.40. The zero-order valence-corrected chi connectivity index (χ0v) is 22.3. The lowest BCUT2D eigenvalue weighted by molar-refractivity contribution is -0.142. The molecule has 11 nitrogen and oxygen atoms in total. The van der Waals surface area contributed by atoms with Crippen molar-refractivity contribution >= 4 is 23.7 Å². The minimum absolute atomic E-state index is 0.0231. The van der Waals surface area contributed by atoms with Crippen molar-refractivity contribution in [1.29, 1.82) is 0 Å². The molecule has 39 heavy (non-hydrogen) atoms. The number of phenolic OH excluding ortho intramolecular Hbond substituents is 1. The number of aliphatic hydroxyl groups is 1. The summed E-state index contributed by atoms with van der Waals surface area (Å²) in [6, 6.07) is 10.2. The number of amides is 3. The van der Waals surface area contributed by atoms with Gasteiger partial charge in [-0.25, -0.2) is 4.79 Å². The Morgan fingerprint density at radius 2 is 1.33 bits per heavy atom. The number of hydrogen-bond acceptors (Lipinski definition) is 7. The number of aromatic hydroxyl groups is 1. The Morgan fingerprint density at radius 1 is 0.795 bits per heavy atom. The number of carboxylic acids is 1. The first-order chi connectivity index (χ1) is 18.4. The van der Waals surface area contributed by atoms with Crippen molar-refractivity contribution in [3.05, 3.63) is 65.7 Å². The molecule has 0 radical (unpaired) electrons. The standard InChI is InChI=1S/C28H38N4O7/c1-4-16(2)23(26(36)30-22(28(38)39)15-19-10-12-20(34)13-11-19)31-27(37)24(17(3)33)32-25(35)21(29)14-18-8-6-5-7-9-18/h5-13,16-17,21-24,33-34H,4,14-15,29H2,1-3H3,(H,30,36)(H,31,37)(H,32,35)(H,38,39). The topological polar surface area (TPSA) is 191 Å². The van der Waals surface area contributed by atoms with Crippen LogP contribution in [0.4, 0.5) is 0 Å². The van der Waals surface area contributed by atoms with E-state index in [9.17, 15) is 34.5 Å². The Kier molecular flexibility index (Phi) is 11.9. The average molecular weight is 543 g/mol. The van der Waals surface area contributed by atoms with Crippen molar-refractivity contribution in [1.82, 2.24) is 16.0 Å². The molecule has 11 heteroatoms. The zero-order chi connectivity index (χ0) is 29.1. The fraction of sp³-hybridized carbons (Fsp3) is 0.429. The second-order valence-electron chi connectivity index (χ2n) is 9.66. The predicted octanol–water partition coefficient (Wildman–Crippen LogP) is 0.471. The lowest BCUT2D eigenvalue weighted by Gasteiger charge is -2.29. The van der Waals surface area contributed by atoms with Crippen LogP contribution in [0.5, 0.6) is 5.75 Å². The molecule has 2 aromatic rings. The first-order valence-corrected chi connectivity index (χ1v) is 12.8. The van der Waals surface area contributed by atoms with Crippen LogP contribution in [0.2, 0.25) is 0 Å². The molecule has 0 spiro atoms. The number of rotatable bonds is 14. The Labute approximate surface area is 227 Å².